The topological polar surface area (TPSA) is 55.8 Å². The van der Waals surface area contributed by atoms with Gasteiger partial charge in [0.15, 0.2) is 0 Å². The number of hydrogen-bond acceptors (Lipinski definition) is 4. The van der Waals surface area contributed by atoms with E-state index in [-0.39, 0.29) is 12.0 Å². The Balaban J connectivity index is 2.04. The van der Waals surface area contributed by atoms with Crippen LogP contribution in [-0.4, -0.2) is 35.7 Å². The van der Waals surface area contributed by atoms with Crippen molar-refractivity contribution in [2.75, 3.05) is 6.61 Å². The van der Waals surface area contributed by atoms with Gasteiger partial charge in [0.1, 0.15) is 6.04 Å². The second kappa shape index (κ2) is 4.39. The molecule has 2 rings (SSSR count). The van der Waals surface area contributed by atoms with Crippen LogP contribution in [0.3, 0.4) is 0 Å². The molecule has 0 bridgehead atoms. The van der Waals surface area contributed by atoms with E-state index in [0.29, 0.717) is 24.7 Å². The first kappa shape index (κ1) is 12.0. The lowest BCUT2D eigenvalue weighted by Gasteiger charge is -2.25. The Morgan fingerprint density at radius 1 is 1.41 bits per heavy atom. The molecule has 1 amide bonds. The van der Waals surface area contributed by atoms with E-state index in [2.05, 4.69) is 6.58 Å². The molecule has 0 unspecified atom stereocenters. The van der Waals surface area contributed by atoms with Crippen LogP contribution in [0.5, 0.6) is 0 Å². The van der Waals surface area contributed by atoms with Gasteiger partial charge in [-0.05, 0) is 32.6 Å². The molecule has 5 nitrogen and oxygen atoms in total. The van der Waals surface area contributed by atoms with Crippen LogP contribution in [0.15, 0.2) is 12.3 Å². The van der Waals surface area contributed by atoms with E-state index in [1.54, 1.807) is 13.8 Å². The Morgan fingerprint density at radius 3 is 2.71 bits per heavy atom. The van der Waals surface area contributed by atoms with Crippen molar-refractivity contribution in [1.82, 2.24) is 4.90 Å². The Labute approximate surface area is 100 Å². The van der Waals surface area contributed by atoms with Gasteiger partial charge in [-0.2, -0.15) is 0 Å². The van der Waals surface area contributed by atoms with Crippen molar-refractivity contribution in [2.24, 2.45) is 5.92 Å². The molecule has 2 fully saturated rings. The second-order valence-electron chi connectivity index (χ2n) is 4.54. The SMILES string of the molecule is C=C(C)OC(=O)N1[C@H](C(=O)OCC)C[C@@H]2C[C@@H]21. The number of hydrogen-bond donors (Lipinski definition) is 0. The van der Waals surface area contributed by atoms with E-state index in [1.165, 1.54) is 4.90 Å². The highest BCUT2D eigenvalue weighted by atomic mass is 16.6. The van der Waals surface area contributed by atoms with Crippen LogP contribution in [0.4, 0.5) is 4.79 Å². The number of carbonyl (C=O) groups excluding carboxylic acids is 2. The minimum absolute atomic E-state index is 0.149. The number of likely N-dealkylation sites (tertiary alicyclic amines) is 1. The first-order valence-corrected chi connectivity index (χ1v) is 5.86. The lowest BCUT2D eigenvalue weighted by molar-refractivity contribution is -0.148. The standard InChI is InChI=1S/C12H17NO4/c1-4-16-11(14)10-6-8-5-9(8)13(10)12(15)17-7(2)3/h8-10H,2,4-6H2,1,3H3/t8-,9-,10-/m0/s1. The number of allylic oxidation sites excluding steroid dienone is 1. The largest absolute Gasteiger partial charge is 0.464 e. The van der Waals surface area contributed by atoms with Gasteiger partial charge in [0.05, 0.1) is 12.4 Å². The summed E-state index contributed by atoms with van der Waals surface area (Å²) in [5.74, 6) is 0.433. The van der Waals surface area contributed by atoms with E-state index in [0.717, 1.165) is 6.42 Å². The summed E-state index contributed by atoms with van der Waals surface area (Å²) in [6, 6.07) is -0.332. The van der Waals surface area contributed by atoms with E-state index in [9.17, 15) is 9.59 Å². The van der Waals surface area contributed by atoms with Crippen LogP contribution >= 0.6 is 0 Å². The second-order valence-corrected chi connectivity index (χ2v) is 4.54. The molecule has 3 atom stereocenters. The fourth-order valence-electron chi connectivity index (χ4n) is 2.37. The number of piperidine rings is 1. The minimum atomic E-state index is -0.486. The maximum atomic E-state index is 11.8. The first-order valence-electron chi connectivity index (χ1n) is 5.86. The van der Waals surface area contributed by atoms with Crippen molar-refractivity contribution in [1.29, 1.82) is 0 Å². The normalized spacial score (nSPS) is 29.5. The van der Waals surface area contributed by atoms with Gasteiger partial charge < -0.3 is 9.47 Å². The summed E-state index contributed by atoms with van der Waals surface area (Å²) in [5, 5.41) is 0. The van der Waals surface area contributed by atoms with Crippen molar-refractivity contribution in [3.8, 4) is 0 Å². The van der Waals surface area contributed by atoms with Gasteiger partial charge in [-0.25, -0.2) is 9.59 Å². The molecule has 0 aromatic rings. The van der Waals surface area contributed by atoms with Gasteiger partial charge in [-0.3, -0.25) is 4.90 Å². The molecule has 1 aliphatic carbocycles. The highest BCUT2D eigenvalue weighted by Crippen LogP contribution is 2.48. The molecule has 0 aromatic heterocycles. The maximum absolute atomic E-state index is 11.8. The van der Waals surface area contributed by atoms with E-state index in [1.807, 2.05) is 0 Å². The van der Waals surface area contributed by atoms with Gasteiger partial charge in [0, 0.05) is 6.04 Å². The molecule has 1 heterocycles. The number of rotatable bonds is 3. The smallest absolute Gasteiger partial charge is 0.415 e. The molecule has 0 aromatic carbocycles. The van der Waals surface area contributed by atoms with Gasteiger partial charge in [0.2, 0.25) is 0 Å². The Bertz CT molecular complexity index is 366. The summed E-state index contributed by atoms with van der Waals surface area (Å²) in [6.07, 6.45) is 1.16. The quantitative estimate of drug-likeness (QED) is 0.555. The molecule has 1 saturated carbocycles. The summed E-state index contributed by atoms with van der Waals surface area (Å²) in [4.78, 5) is 25.1. The number of ether oxygens (including phenoxy) is 2. The van der Waals surface area contributed by atoms with Crippen molar-refractivity contribution in [2.45, 2.75) is 38.8 Å². The third-order valence-electron chi connectivity index (χ3n) is 3.14. The van der Waals surface area contributed by atoms with Gasteiger partial charge >= 0.3 is 12.1 Å². The summed E-state index contributed by atoms with van der Waals surface area (Å²) in [7, 11) is 0. The molecule has 0 spiro atoms. The van der Waals surface area contributed by atoms with Crippen LogP contribution in [0, 0.1) is 5.92 Å². The first-order chi connectivity index (χ1) is 8.04. The van der Waals surface area contributed by atoms with Crippen molar-refractivity contribution in [3.05, 3.63) is 12.3 Å². The van der Waals surface area contributed by atoms with Crippen LogP contribution in [0.2, 0.25) is 0 Å². The highest BCUT2D eigenvalue weighted by molar-refractivity contribution is 5.83. The molecule has 17 heavy (non-hydrogen) atoms. The zero-order valence-electron chi connectivity index (χ0n) is 10.1. The zero-order chi connectivity index (χ0) is 12.6. The summed E-state index contributed by atoms with van der Waals surface area (Å²) >= 11 is 0. The predicted octanol–water partition coefficient (Wildman–Crippen LogP) is 1.68. The monoisotopic (exact) mass is 239 g/mol. The van der Waals surface area contributed by atoms with E-state index in [4.69, 9.17) is 9.47 Å². The number of esters is 1. The molecule has 94 valence electrons. The summed E-state index contributed by atoms with van der Waals surface area (Å²) in [6.45, 7) is 7.22. The molecule has 1 aliphatic heterocycles. The van der Waals surface area contributed by atoms with Gasteiger partial charge in [0.25, 0.3) is 0 Å². The van der Waals surface area contributed by atoms with Crippen molar-refractivity contribution in [3.63, 3.8) is 0 Å². The van der Waals surface area contributed by atoms with Crippen molar-refractivity contribution < 1.29 is 19.1 Å². The Morgan fingerprint density at radius 2 is 2.12 bits per heavy atom. The Hall–Kier alpha value is -1.52. The van der Waals surface area contributed by atoms with Crippen LogP contribution < -0.4 is 0 Å². The van der Waals surface area contributed by atoms with Crippen LogP contribution in [-0.2, 0) is 14.3 Å². The maximum Gasteiger partial charge on any atom is 0.415 e. The fourth-order valence-corrected chi connectivity index (χ4v) is 2.37. The molecular formula is C12H17NO4. The molecule has 0 N–H and O–H groups in total. The van der Waals surface area contributed by atoms with Crippen LogP contribution in [0.1, 0.15) is 26.7 Å². The Kier molecular flexibility index (Phi) is 3.09. The summed E-state index contributed by atoms with van der Waals surface area (Å²) < 4.78 is 9.94. The predicted molar refractivity (Wildman–Crippen MR) is 60.1 cm³/mol. The molecule has 0 radical (unpaired) electrons. The molecule has 1 saturated heterocycles. The van der Waals surface area contributed by atoms with Gasteiger partial charge in [-0.15, -0.1) is 0 Å². The zero-order valence-corrected chi connectivity index (χ0v) is 10.1. The van der Waals surface area contributed by atoms with E-state index >= 15 is 0 Å². The third kappa shape index (κ3) is 2.28. The summed E-state index contributed by atoms with van der Waals surface area (Å²) in [5.41, 5.74) is 0. The fraction of sp³-hybridized carbons (Fsp3) is 0.667. The average molecular weight is 239 g/mol. The lowest BCUT2D eigenvalue weighted by Crippen LogP contribution is -2.44. The minimum Gasteiger partial charge on any atom is -0.464 e. The number of nitrogens with zero attached hydrogens (tertiary/aromatic N) is 1. The number of amides is 1. The highest BCUT2D eigenvalue weighted by Gasteiger charge is 2.57. The van der Waals surface area contributed by atoms with Crippen LogP contribution in [0.25, 0.3) is 0 Å². The van der Waals surface area contributed by atoms with Crippen molar-refractivity contribution >= 4 is 12.1 Å². The number of carbonyl (C=O) groups is 2. The lowest BCUT2D eigenvalue weighted by atomic mass is 10.2. The third-order valence-corrected chi connectivity index (χ3v) is 3.14. The van der Waals surface area contributed by atoms with Gasteiger partial charge in [-0.1, -0.05) is 6.58 Å². The molecule has 5 heteroatoms. The number of fused-ring (bicyclic) bond motifs is 1. The van der Waals surface area contributed by atoms with E-state index < -0.39 is 12.1 Å². The molecule has 2 aliphatic rings. The molecular weight excluding hydrogens is 222 g/mol. The average Bonchev–Trinajstić information content (AvgIpc) is 2.88.